The Kier molecular flexibility index (Phi) is 3.83. The SMILES string of the molecule is COC1C(N(C)O)CC2OC1(C)n1c3ccccc3c3c4c(c5c6ccccc6n2c5c31)C(=O)NC4. The van der Waals surface area contributed by atoms with Crippen LogP contribution in [0.2, 0.25) is 0 Å². The van der Waals surface area contributed by atoms with Crippen LogP contribution in [0.4, 0.5) is 0 Å². The molecule has 2 aromatic heterocycles. The minimum Gasteiger partial charge on any atom is -0.375 e. The number of aromatic nitrogens is 2. The molecule has 4 unspecified atom stereocenters. The fraction of sp³-hybridized carbons (Fsp3) is 0.321. The van der Waals surface area contributed by atoms with Crippen LogP contribution in [0, 0.1) is 0 Å². The van der Waals surface area contributed by atoms with Crippen molar-refractivity contribution in [3.05, 3.63) is 59.7 Å². The highest BCUT2D eigenvalue weighted by Gasteiger charge is 2.54. The Bertz CT molecular complexity index is 1780. The first-order valence-corrected chi connectivity index (χ1v) is 12.4. The zero-order valence-corrected chi connectivity index (χ0v) is 20.3. The molecular formula is C28H26N4O4. The summed E-state index contributed by atoms with van der Waals surface area (Å²) >= 11 is 0. The molecular weight excluding hydrogens is 456 g/mol. The molecule has 1 saturated heterocycles. The summed E-state index contributed by atoms with van der Waals surface area (Å²) in [6.07, 6.45) is -0.281. The zero-order chi connectivity index (χ0) is 24.5. The Labute approximate surface area is 206 Å². The van der Waals surface area contributed by atoms with Crippen molar-refractivity contribution in [1.82, 2.24) is 19.5 Å². The molecule has 5 aromatic rings. The van der Waals surface area contributed by atoms with Gasteiger partial charge in [0.25, 0.3) is 5.91 Å². The number of likely N-dealkylation sites (N-methyl/N-ethyl adjacent to an activating group) is 1. The Morgan fingerprint density at radius 2 is 1.78 bits per heavy atom. The molecule has 0 radical (unpaired) electrons. The molecule has 36 heavy (non-hydrogen) atoms. The monoisotopic (exact) mass is 482 g/mol. The number of rotatable bonds is 2. The first-order valence-electron chi connectivity index (χ1n) is 12.4. The molecule has 0 spiro atoms. The lowest BCUT2D eigenvalue weighted by Crippen LogP contribution is -2.60. The Morgan fingerprint density at radius 3 is 2.50 bits per heavy atom. The second-order valence-corrected chi connectivity index (χ2v) is 10.4. The van der Waals surface area contributed by atoms with Crippen molar-refractivity contribution in [2.24, 2.45) is 0 Å². The van der Waals surface area contributed by atoms with Crippen molar-refractivity contribution in [1.29, 1.82) is 0 Å². The van der Waals surface area contributed by atoms with E-state index in [0.29, 0.717) is 13.0 Å². The molecule has 1 fully saturated rings. The molecule has 1 amide bonds. The predicted octanol–water partition coefficient (Wildman–Crippen LogP) is 4.46. The van der Waals surface area contributed by atoms with E-state index in [1.54, 1.807) is 14.2 Å². The summed E-state index contributed by atoms with van der Waals surface area (Å²) in [5, 5.41) is 19.3. The third-order valence-corrected chi connectivity index (χ3v) is 8.68. The first kappa shape index (κ1) is 20.7. The topological polar surface area (TPSA) is 80.9 Å². The fourth-order valence-corrected chi connectivity index (χ4v) is 7.38. The summed E-state index contributed by atoms with van der Waals surface area (Å²) in [7, 11) is 3.36. The van der Waals surface area contributed by atoms with E-state index in [-0.39, 0.29) is 18.2 Å². The van der Waals surface area contributed by atoms with E-state index < -0.39 is 11.8 Å². The number of hydroxylamine groups is 2. The standard InChI is InChI=1S/C28H26N4O4/c1-28-26(35-3)19(30(2)34)12-20(36-28)31-17-10-6-4-8-14(17)22-23-16(13-29-27(23)33)21-15-9-5-7-11-18(15)32(28)25(21)24(22)31/h4-11,19-20,26,34H,12-13H2,1-3H3,(H,29,33). The Hall–Kier alpha value is -3.43. The van der Waals surface area contributed by atoms with Crippen molar-refractivity contribution in [3.8, 4) is 0 Å². The molecule has 3 aromatic carbocycles. The van der Waals surface area contributed by atoms with E-state index >= 15 is 0 Å². The number of benzene rings is 3. The van der Waals surface area contributed by atoms with Crippen LogP contribution in [0.3, 0.4) is 0 Å². The second-order valence-electron chi connectivity index (χ2n) is 10.4. The van der Waals surface area contributed by atoms with Crippen LogP contribution in [0.15, 0.2) is 48.5 Å². The average molecular weight is 483 g/mol. The van der Waals surface area contributed by atoms with Crippen LogP contribution in [0.25, 0.3) is 43.6 Å². The van der Waals surface area contributed by atoms with Gasteiger partial charge in [-0.3, -0.25) is 4.79 Å². The van der Waals surface area contributed by atoms with E-state index in [1.807, 2.05) is 24.3 Å². The number of carbonyl (C=O) groups is 1. The second kappa shape index (κ2) is 6.66. The van der Waals surface area contributed by atoms with Crippen molar-refractivity contribution in [2.45, 2.75) is 44.0 Å². The minimum absolute atomic E-state index is 0.0336. The molecule has 8 heteroatoms. The van der Waals surface area contributed by atoms with Crippen LogP contribution in [0.5, 0.6) is 0 Å². The van der Waals surface area contributed by atoms with E-state index in [0.717, 1.165) is 54.7 Å². The van der Waals surface area contributed by atoms with E-state index in [2.05, 4.69) is 45.6 Å². The minimum atomic E-state index is -0.919. The number of carbonyl (C=O) groups excluding carboxylic acids is 1. The number of para-hydroxylation sites is 2. The Morgan fingerprint density at radius 1 is 1.08 bits per heavy atom. The van der Waals surface area contributed by atoms with Gasteiger partial charge in [-0.25, -0.2) is 0 Å². The van der Waals surface area contributed by atoms with E-state index in [1.165, 1.54) is 5.06 Å². The Balaban J connectivity index is 1.70. The molecule has 2 N–H and O–H groups in total. The van der Waals surface area contributed by atoms with Gasteiger partial charge < -0.3 is 29.1 Å². The summed E-state index contributed by atoms with van der Waals surface area (Å²) in [4.78, 5) is 13.3. The van der Waals surface area contributed by atoms with E-state index in [4.69, 9.17) is 9.47 Å². The van der Waals surface area contributed by atoms with Gasteiger partial charge in [-0.15, -0.1) is 0 Å². The van der Waals surface area contributed by atoms with Gasteiger partial charge >= 0.3 is 0 Å². The third kappa shape index (κ3) is 2.19. The van der Waals surface area contributed by atoms with Gasteiger partial charge in [0.15, 0.2) is 5.72 Å². The van der Waals surface area contributed by atoms with Crippen molar-refractivity contribution < 1.29 is 19.5 Å². The van der Waals surface area contributed by atoms with Gasteiger partial charge in [0.1, 0.15) is 12.3 Å². The van der Waals surface area contributed by atoms with Gasteiger partial charge in [-0.1, -0.05) is 36.4 Å². The maximum Gasteiger partial charge on any atom is 0.252 e. The number of methoxy groups -OCH3 is 1. The lowest BCUT2D eigenvalue weighted by atomic mass is 9.92. The molecule has 4 atom stereocenters. The molecule has 2 bridgehead atoms. The third-order valence-electron chi connectivity index (χ3n) is 8.68. The predicted molar refractivity (Wildman–Crippen MR) is 136 cm³/mol. The molecule has 182 valence electrons. The summed E-state index contributed by atoms with van der Waals surface area (Å²) in [5.41, 5.74) is 4.96. The highest BCUT2D eigenvalue weighted by Crippen LogP contribution is 2.54. The number of fused-ring (bicyclic) bond motifs is 13. The van der Waals surface area contributed by atoms with Gasteiger partial charge in [-0.2, -0.15) is 5.06 Å². The molecule has 3 aliphatic rings. The number of hydrogen-bond donors (Lipinski definition) is 2. The van der Waals surface area contributed by atoms with Crippen molar-refractivity contribution in [2.75, 3.05) is 14.2 Å². The van der Waals surface area contributed by atoms with Gasteiger partial charge in [0.2, 0.25) is 0 Å². The molecule has 0 aliphatic carbocycles. The lowest BCUT2D eigenvalue weighted by Gasteiger charge is -2.49. The number of hydrogen-bond acceptors (Lipinski definition) is 5. The maximum atomic E-state index is 13.3. The number of ether oxygens (including phenoxy) is 2. The van der Waals surface area contributed by atoms with Gasteiger partial charge in [0.05, 0.1) is 33.7 Å². The van der Waals surface area contributed by atoms with Crippen LogP contribution in [-0.2, 0) is 21.7 Å². The van der Waals surface area contributed by atoms with Crippen LogP contribution in [0.1, 0.15) is 35.5 Å². The largest absolute Gasteiger partial charge is 0.375 e. The number of nitrogens with one attached hydrogen (secondary N) is 1. The van der Waals surface area contributed by atoms with Crippen LogP contribution in [-0.4, -0.2) is 51.6 Å². The average Bonchev–Trinajstić information content (AvgIpc) is 3.51. The molecule has 3 aliphatic heterocycles. The molecule has 5 heterocycles. The van der Waals surface area contributed by atoms with Crippen molar-refractivity contribution >= 4 is 49.5 Å². The summed E-state index contributed by atoms with van der Waals surface area (Å²) in [6, 6.07) is 16.2. The maximum absolute atomic E-state index is 13.3. The van der Waals surface area contributed by atoms with Gasteiger partial charge in [-0.05, 0) is 24.6 Å². The van der Waals surface area contributed by atoms with Gasteiger partial charge in [0, 0.05) is 48.7 Å². The van der Waals surface area contributed by atoms with E-state index in [9.17, 15) is 10.0 Å². The van der Waals surface area contributed by atoms with Crippen molar-refractivity contribution in [3.63, 3.8) is 0 Å². The lowest BCUT2D eigenvalue weighted by molar-refractivity contribution is -0.293. The molecule has 8 nitrogen and oxygen atoms in total. The normalized spacial score (nSPS) is 27.0. The molecule has 0 saturated carbocycles. The summed E-state index contributed by atoms with van der Waals surface area (Å²) in [6.45, 7) is 2.55. The quantitative estimate of drug-likeness (QED) is 0.363. The van der Waals surface area contributed by atoms with Crippen LogP contribution < -0.4 is 5.32 Å². The number of amides is 1. The highest BCUT2D eigenvalue weighted by atomic mass is 16.6. The van der Waals surface area contributed by atoms with Crippen LogP contribution >= 0.6 is 0 Å². The summed E-state index contributed by atoms with van der Waals surface area (Å²) < 4.78 is 17.7. The zero-order valence-electron chi connectivity index (χ0n) is 20.3. The highest BCUT2D eigenvalue weighted by molar-refractivity contribution is 6.31. The molecule has 8 rings (SSSR count). The smallest absolute Gasteiger partial charge is 0.252 e. The number of nitrogens with zero attached hydrogens (tertiary/aromatic N) is 3. The first-order chi connectivity index (χ1) is 17.5. The summed E-state index contributed by atoms with van der Waals surface area (Å²) in [5.74, 6) is -0.0336. The fourth-order valence-electron chi connectivity index (χ4n) is 7.38.